The van der Waals surface area contributed by atoms with Crippen molar-refractivity contribution < 1.29 is 8.78 Å². The fraction of sp³-hybridized carbons (Fsp3) is 0.0769. The summed E-state index contributed by atoms with van der Waals surface area (Å²) >= 11 is 18.3. The van der Waals surface area contributed by atoms with E-state index in [1.165, 1.54) is 0 Å². The van der Waals surface area contributed by atoms with Gasteiger partial charge in [0.15, 0.2) is 0 Å². The molecule has 0 spiro atoms. The van der Waals surface area contributed by atoms with Crippen molar-refractivity contribution >= 4 is 55.1 Å². The van der Waals surface area contributed by atoms with Gasteiger partial charge in [0.2, 0.25) is 0 Å². The third-order valence-corrected chi connectivity index (χ3v) is 4.55. The summed E-state index contributed by atoms with van der Waals surface area (Å²) in [5.74, 6) is -1.14. The molecular weight excluding hydrogens is 425 g/mol. The number of halogens is 6. The van der Waals surface area contributed by atoms with Crippen molar-refractivity contribution in [3.05, 3.63) is 67.1 Å². The van der Waals surface area contributed by atoms with Crippen LogP contribution in [0.3, 0.4) is 0 Å². The van der Waals surface area contributed by atoms with Crippen LogP contribution in [-0.4, -0.2) is 0 Å². The maximum Gasteiger partial charge on any atom is 0.137 e. The number of hydrogen-bond donors (Lipinski definition) is 0. The fourth-order valence-electron chi connectivity index (χ4n) is 1.61. The topological polar surface area (TPSA) is 0 Å². The highest BCUT2D eigenvalue weighted by molar-refractivity contribution is 9.10. The molecule has 2 rings (SSSR count). The normalized spacial score (nSPS) is 12.5. The third kappa shape index (κ3) is 3.30. The van der Waals surface area contributed by atoms with Gasteiger partial charge < -0.3 is 0 Å². The highest BCUT2D eigenvalue weighted by atomic mass is 79.9. The van der Waals surface area contributed by atoms with E-state index in [1.807, 2.05) is 0 Å². The first-order valence-electron chi connectivity index (χ1n) is 5.13. The molecule has 2 aromatic carbocycles. The molecule has 1 unspecified atom stereocenters. The molecule has 0 saturated heterocycles. The summed E-state index contributed by atoms with van der Waals surface area (Å²) in [6, 6.07) is 7.11. The van der Waals surface area contributed by atoms with Crippen molar-refractivity contribution in [2.24, 2.45) is 0 Å². The van der Waals surface area contributed by atoms with Gasteiger partial charge in [0.25, 0.3) is 0 Å². The molecule has 0 bridgehead atoms. The monoisotopic (exact) mass is 428 g/mol. The Hall–Kier alpha value is -0.160. The minimum absolute atomic E-state index is 0.0628. The quantitative estimate of drug-likeness (QED) is 0.378. The number of benzene rings is 2. The Balaban J connectivity index is 2.49. The molecule has 0 radical (unpaired) electrons. The summed E-state index contributed by atoms with van der Waals surface area (Å²) in [5, 5.41) is -0.281. The second-order valence-corrected chi connectivity index (χ2v) is 6.40. The van der Waals surface area contributed by atoms with Gasteiger partial charge in [-0.1, -0.05) is 33.6 Å². The van der Waals surface area contributed by atoms with Crippen LogP contribution in [0.25, 0.3) is 0 Å². The first-order valence-corrected chi connectivity index (χ1v) is 7.53. The molecular formula is C13H6Br2Cl2F2. The van der Waals surface area contributed by atoms with Crippen molar-refractivity contribution in [3.8, 4) is 0 Å². The summed E-state index contributed by atoms with van der Waals surface area (Å²) in [6.07, 6.45) is 0. The molecule has 0 saturated carbocycles. The maximum atomic E-state index is 13.9. The molecule has 0 fully saturated rings. The molecule has 0 amide bonds. The van der Waals surface area contributed by atoms with E-state index >= 15 is 0 Å². The minimum atomic E-state index is -0.811. The lowest BCUT2D eigenvalue weighted by Gasteiger charge is -2.14. The third-order valence-electron chi connectivity index (χ3n) is 2.55. The van der Waals surface area contributed by atoms with E-state index in [1.54, 1.807) is 18.2 Å². The predicted octanol–water partition coefficient (Wildman–Crippen LogP) is 6.47. The lowest BCUT2D eigenvalue weighted by molar-refractivity contribution is 0.582. The van der Waals surface area contributed by atoms with E-state index < -0.39 is 17.0 Å². The van der Waals surface area contributed by atoms with Gasteiger partial charge in [-0.3, -0.25) is 0 Å². The molecule has 0 aliphatic heterocycles. The first kappa shape index (κ1) is 15.2. The van der Waals surface area contributed by atoms with Crippen molar-refractivity contribution in [2.45, 2.75) is 5.38 Å². The maximum absolute atomic E-state index is 13.9. The minimum Gasteiger partial charge on any atom is -0.207 e. The van der Waals surface area contributed by atoms with Crippen LogP contribution in [-0.2, 0) is 0 Å². The average molecular weight is 431 g/mol. The van der Waals surface area contributed by atoms with Crippen LogP contribution in [0.2, 0.25) is 5.02 Å². The van der Waals surface area contributed by atoms with Crippen LogP contribution in [0.5, 0.6) is 0 Å². The van der Waals surface area contributed by atoms with Crippen LogP contribution in [0.15, 0.2) is 39.3 Å². The summed E-state index contributed by atoms with van der Waals surface area (Å²) in [4.78, 5) is 0. The predicted molar refractivity (Wildman–Crippen MR) is 80.9 cm³/mol. The van der Waals surface area contributed by atoms with Gasteiger partial charge in [0.1, 0.15) is 11.6 Å². The average Bonchev–Trinajstić information content (AvgIpc) is 2.33. The van der Waals surface area contributed by atoms with Gasteiger partial charge in [-0.15, -0.1) is 11.6 Å². The van der Waals surface area contributed by atoms with E-state index in [2.05, 4.69) is 31.9 Å². The van der Waals surface area contributed by atoms with Crippen LogP contribution in [0.1, 0.15) is 16.5 Å². The Morgan fingerprint density at radius 1 is 0.895 bits per heavy atom. The molecule has 100 valence electrons. The van der Waals surface area contributed by atoms with Gasteiger partial charge in [-0.05, 0) is 45.8 Å². The van der Waals surface area contributed by atoms with Gasteiger partial charge in [0.05, 0.1) is 9.85 Å². The fourth-order valence-corrected chi connectivity index (χ4v) is 3.32. The summed E-state index contributed by atoms with van der Waals surface area (Å²) in [5.41, 5.74) is 0.692. The zero-order chi connectivity index (χ0) is 14.2. The lowest BCUT2D eigenvalue weighted by atomic mass is 10.0. The summed E-state index contributed by atoms with van der Waals surface area (Å²) in [6.45, 7) is 0. The molecule has 0 N–H and O–H groups in total. The zero-order valence-electron chi connectivity index (χ0n) is 9.23. The van der Waals surface area contributed by atoms with E-state index in [4.69, 9.17) is 23.2 Å². The molecule has 0 nitrogen and oxygen atoms in total. The Morgan fingerprint density at radius 3 is 2.21 bits per heavy atom. The number of hydrogen-bond acceptors (Lipinski definition) is 0. The SMILES string of the molecule is Fc1cc(C(Cl)c2ccc(Cl)cc2Br)c(F)cc1Br. The molecule has 0 aliphatic rings. The molecule has 19 heavy (non-hydrogen) atoms. The smallest absolute Gasteiger partial charge is 0.137 e. The van der Waals surface area contributed by atoms with E-state index in [-0.39, 0.29) is 10.0 Å². The molecule has 0 aromatic heterocycles. The van der Waals surface area contributed by atoms with Crippen molar-refractivity contribution in [1.82, 2.24) is 0 Å². The molecule has 1 atom stereocenters. The van der Waals surface area contributed by atoms with E-state index in [0.717, 1.165) is 12.1 Å². The van der Waals surface area contributed by atoms with Crippen LogP contribution < -0.4 is 0 Å². The number of alkyl halides is 1. The van der Waals surface area contributed by atoms with Gasteiger partial charge in [0, 0.05) is 15.1 Å². The highest BCUT2D eigenvalue weighted by Crippen LogP contribution is 2.37. The lowest BCUT2D eigenvalue weighted by Crippen LogP contribution is -2.00. The largest absolute Gasteiger partial charge is 0.207 e. The second kappa shape index (κ2) is 6.08. The van der Waals surface area contributed by atoms with Gasteiger partial charge >= 0.3 is 0 Å². The van der Waals surface area contributed by atoms with E-state index in [9.17, 15) is 8.78 Å². The van der Waals surface area contributed by atoms with Crippen LogP contribution in [0.4, 0.5) is 8.78 Å². The summed E-state index contributed by atoms with van der Waals surface area (Å²) < 4.78 is 28.1. The molecule has 0 heterocycles. The standard InChI is InChI=1S/C13H6Br2Cl2F2/c14-9-3-6(16)1-2-7(9)13(17)8-4-12(19)10(15)5-11(8)18/h1-5,13H. The van der Waals surface area contributed by atoms with Crippen molar-refractivity contribution in [2.75, 3.05) is 0 Å². The van der Waals surface area contributed by atoms with Gasteiger partial charge in [-0.2, -0.15) is 0 Å². The molecule has 2 aromatic rings. The number of rotatable bonds is 2. The second-order valence-electron chi connectivity index (χ2n) is 3.82. The Morgan fingerprint density at radius 2 is 1.58 bits per heavy atom. The molecule has 6 heteroatoms. The van der Waals surface area contributed by atoms with Crippen LogP contribution in [0, 0.1) is 11.6 Å². The molecule has 0 aliphatic carbocycles. The Labute approximate surface area is 136 Å². The van der Waals surface area contributed by atoms with Crippen molar-refractivity contribution in [1.29, 1.82) is 0 Å². The Kier molecular flexibility index (Phi) is 4.88. The van der Waals surface area contributed by atoms with E-state index in [0.29, 0.717) is 15.1 Å². The zero-order valence-corrected chi connectivity index (χ0v) is 13.9. The highest BCUT2D eigenvalue weighted by Gasteiger charge is 2.20. The first-order chi connectivity index (χ1) is 8.90. The summed E-state index contributed by atoms with van der Waals surface area (Å²) in [7, 11) is 0. The van der Waals surface area contributed by atoms with Gasteiger partial charge in [-0.25, -0.2) is 8.78 Å². The van der Waals surface area contributed by atoms with Crippen LogP contribution >= 0.6 is 55.1 Å². The van der Waals surface area contributed by atoms with Crippen molar-refractivity contribution in [3.63, 3.8) is 0 Å². The Bertz CT molecular complexity index is 632.